The zero-order valence-corrected chi connectivity index (χ0v) is 48.4. The van der Waals surface area contributed by atoms with Gasteiger partial charge in [0.25, 0.3) is 0 Å². The van der Waals surface area contributed by atoms with Gasteiger partial charge in [-0.1, -0.05) is 98.2 Å². The highest BCUT2D eigenvalue weighted by atomic mass is 16.7. The van der Waals surface area contributed by atoms with E-state index in [0.29, 0.717) is 31.4 Å². The van der Waals surface area contributed by atoms with E-state index in [9.17, 15) is 59.1 Å². The third-order valence-corrected chi connectivity index (χ3v) is 15.5. The van der Waals surface area contributed by atoms with E-state index in [2.05, 4.69) is 10.6 Å². The molecule has 15 atom stereocenters. The smallest absolute Gasteiger partial charge is 0.410 e. The average Bonchev–Trinajstić information content (AvgIpc) is 3.91. The van der Waals surface area contributed by atoms with Crippen molar-refractivity contribution in [3.63, 3.8) is 0 Å². The number of hydrogen-bond acceptors (Lipinski definition) is 17. The van der Waals surface area contributed by atoms with Crippen molar-refractivity contribution in [2.24, 2.45) is 35.3 Å². The van der Waals surface area contributed by atoms with Crippen LogP contribution in [0.1, 0.15) is 111 Å². The number of Topliss-reactive ketones (excluding diaryl/α,β-unsaturated/α-hetero) is 1. The van der Waals surface area contributed by atoms with Gasteiger partial charge in [0, 0.05) is 60.2 Å². The van der Waals surface area contributed by atoms with Gasteiger partial charge in [0.2, 0.25) is 29.9 Å². The number of anilines is 1. The van der Waals surface area contributed by atoms with Crippen LogP contribution in [0.25, 0.3) is 0 Å². The molecule has 0 saturated carbocycles. The number of nitrogens with zero attached hydrogens (tertiary/aromatic N) is 3. The average molecular weight is 1130 g/mol. The maximum Gasteiger partial charge on any atom is 0.410 e. The van der Waals surface area contributed by atoms with Crippen molar-refractivity contribution in [1.82, 2.24) is 20.0 Å². The zero-order valence-electron chi connectivity index (χ0n) is 48.4. The summed E-state index contributed by atoms with van der Waals surface area (Å²) in [5.74, 6) is -5.77. The number of carbonyl (C=O) groups is 7. The number of aliphatic carboxylic acids is 1. The molecule has 2 aromatic rings. The minimum Gasteiger partial charge on any atom is -0.479 e. The molecule has 23 heteroatoms. The fraction of sp³-hybridized carbons (Fsp3) is 0.667. The predicted molar refractivity (Wildman–Crippen MR) is 293 cm³/mol. The SMILES string of the molecule is CC[C@H](C)[C@@H]([C@@H](CC(=O)N1CCC[C@H]1[C@H](OC)[C@@H](C)C(=O)C[C@H](C)[C@@H](O)c1ccccc1)OC)N(C)C(=O)[C@@H](NC(=O)[C@H](C(C)C)N(C)C(=O)OCc1ccc(O[C@@H]2O[C@H](C(=O)O)[C@@H](O)[C@H](O)[C@H]2O)c(NC(=O)CCN)c1)C(C)C. The van der Waals surface area contributed by atoms with Gasteiger partial charge in [0.15, 0.2) is 6.10 Å². The van der Waals surface area contributed by atoms with E-state index in [1.165, 1.54) is 44.4 Å². The molecular weight excluding hydrogens is 1040 g/mol. The van der Waals surface area contributed by atoms with Crippen LogP contribution in [0.4, 0.5) is 10.5 Å². The first-order chi connectivity index (χ1) is 37.7. The Morgan fingerprint density at radius 3 is 2.09 bits per heavy atom. The summed E-state index contributed by atoms with van der Waals surface area (Å²) < 4.78 is 28.6. The Balaban J connectivity index is 1.47. The van der Waals surface area contributed by atoms with Crippen molar-refractivity contribution in [1.29, 1.82) is 0 Å². The van der Waals surface area contributed by atoms with Gasteiger partial charge < -0.3 is 75.4 Å². The molecule has 448 valence electrons. The highest BCUT2D eigenvalue weighted by Crippen LogP contribution is 2.34. The Kier molecular flexibility index (Phi) is 25.7. The van der Waals surface area contributed by atoms with Crippen LogP contribution in [0.3, 0.4) is 0 Å². The Morgan fingerprint density at radius 2 is 1.51 bits per heavy atom. The molecule has 23 nitrogen and oxygen atoms in total. The molecule has 2 fully saturated rings. The maximum atomic E-state index is 14.8. The number of benzene rings is 2. The van der Waals surface area contributed by atoms with E-state index in [-0.39, 0.29) is 60.8 Å². The second kappa shape index (κ2) is 30.9. The summed E-state index contributed by atoms with van der Waals surface area (Å²) in [4.78, 5) is 99.8. The lowest BCUT2D eigenvalue weighted by atomic mass is 9.85. The van der Waals surface area contributed by atoms with Crippen molar-refractivity contribution in [2.45, 2.75) is 174 Å². The quantitative estimate of drug-likeness (QED) is 0.0580. The molecular formula is C57H88N6O17. The van der Waals surface area contributed by atoms with Crippen LogP contribution >= 0.6 is 0 Å². The van der Waals surface area contributed by atoms with Crippen molar-refractivity contribution >= 4 is 47.2 Å². The van der Waals surface area contributed by atoms with Crippen molar-refractivity contribution in [3.8, 4) is 5.75 Å². The number of carboxylic acid groups (broad SMARTS) is 1. The summed E-state index contributed by atoms with van der Waals surface area (Å²) >= 11 is 0. The highest BCUT2D eigenvalue weighted by molar-refractivity contribution is 5.93. The van der Waals surface area contributed by atoms with Crippen LogP contribution in [0.5, 0.6) is 5.75 Å². The van der Waals surface area contributed by atoms with Gasteiger partial charge in [-0.05, 0) is 59.8 Å². The fourth-order valence-electron chi connectivity index (χ4n) is 10.7. The Labute approximate surface area is 469 Å². The molecule has 2 saturated heterocycles. The van der Waals surface area contributed by atoms with Gasteiger partial charge in [-0.3, -0.25) is 28.9 Å². The lowest BCUT2D eigenvalue weighted by Crippen LogP contribution is -2.61. The van der Waals surface area contributed by atoms with Gasteiger partial charge in [-0.2, -0.15) is 0 Å². The van der Waals surface area contributed by atoms with Crippen LogP contribution in [0.2, 0.25) is 0 Å². The number of aliphatic hydroxyl groups excluding tert-OH is 4. The van der Waals surface area contributed by atoms with E-state index in [0.717, 1.165) is 10.5 Å². The monoisotopic (exact) mass is 1130 g/mol. The number of nitrogens with one attached hydrogen (secondary N) is 2. The van der Waals surface area contributed by atoms with Crippen LogP contribution in [-0.4, -0.2) is 190 Å². The number of likely N-dealkylation sites (tertiary alicyclic amines) is 1. The summed E-state index contributed by atoms with van der Waals surface area (Å²) in [6.45, 7) is 14.6. The largest absolute Gasteiger partial charge is 0.479 e. The maximum absolute atomic E-state index is 14.8. The first kappa shape index (κ1) is 66.7. The molecule has 2 heterocycles. The molecule has 9 N–H and O–H groups in total. The summed E-state index contributed by atoms with van der Waals surface area (Å²) in [7, 11) is 6.02. The summed E-state index contributed by atoms with van der Waals surface area (Å²) in [6.07, 6.45) is -10.9. The molecule has 2 aromatic carbocycles. The molecule has 5 amide bonds. The Morgan fingerprint density at radius 1 is 0.850 bits per heavy atom. The number of ether oxygens (including phenoxy) is 5. The van der Waals surface area contributed by atoms with Crippen molar-refractivity contribution in [3.05, 3.63) is 59.7 Å². The van der Waals surface area contributed by atoms with Gasteiger partial charge in [-0.15, -0.1) is 0 Å². The van der Waals surface area contributed by atoms with E-state index in [1.807, 2.05) is 51.1 Å². The molecule has 0 aromatic heterocycles. The first-order valence-electron chi connectivity index (χ1n) is 27.5. The van der Waals surface area contributed by atoms with Crippen LogP contribution in [0, 0.1) is 29.6 Å². The molecule has 0 bridgehead atoms. The topological polar surface area (TPSA) is 327 Å². The molecule has 2 aliphatic heterocycles. The molecule has 0 radical (unpaired) electrons. The zero-order chi connectivity index (χ0) is 59.9. The minimum atomic E-state index is -1.97. The Hall–Kier alpha value is -5.79. The van der Waals surface area contributed by atoms with Crippen LogP contribution < -0.4 is 21.1 Å². The molecule has 80 heavy (non-hydrogen) atoms. The number of aliphatic hydroxyl groups is 4. The van der Waals surface area contributed by atoms with Crippen LogP contribution in [-0.2, 0) is 54.3 Å². The van der Waals surface area contributed by atoms with Gasteiger partial charge in [0.1, 0.15) is 48.5 Å². The Bertz CT molecular complexity index is 2380. The molecule has 2 aliphatic rings. The lowest BCUT2D eigenvalue weighted by molar-refractivity contribution is -0.271. The normalized spacial score (nSPS) is 22.7. The fourth-order valence-corrected chi connectivity index (χ4v) is 10.7. The van der Waals surface area contributed by atoms with Crippen LogP contribution in [0.15, 0.2) is 48.5 Å². The second-order valence-corrected chi connectivity index (χ2v) is 21.9. The van der Waals surface area contributed by atoms with Gasteiger partial charge >= 0.3 is 12.1 Å². The van der Waals surface area contributed by atoms with E-state index >= 15 is 0 Å². The van der Waals surface area contributed by atoms with Gasteiger partial charge in [0.05, 0.1) is 42.5 Å². The number of carboxylic acids is 1. The number of nitrogens with two attached hydrogens (primary N) is 1. The lowest BCUT2D eigenvalue weighted by Gasteiger charge is -2.41. The van der Waals surface area contributed by atoms with Gasteiger partial charge in [-0.25, -0.2) is 9.59 Å². The minimum absolute atomic E-state index is 0.0176. The van der Waals surface area contributed by atoms with E-state index in [4.69, 9.17) is 29.4 Å². The van der Waals surface area contributed by atoms with Crippen molar-refractivity contribution in [2.75, 3.05) is 46.7 Å². The third-order valence-electron chi connectivity index (χ3n) is 15.5. The van der Waals surface area contributed by atoms with E-state index < -0.39 is 127 Å². The first-order valence-corrected chi connectivity index (χ1v) is 27.5. The number of amides is 5. The van der Waals surface area contributed by atoms with E-state index in [1.54, 1.807) is 46.6 Å². The van der Waals surface area contributed by atoms with Crippen molar-refractivity contribution < 1.29 is 82.8 Å². The second-order valence-electron chi connectivity index (χ2n) is 21.9. The highest BCUT2D eigenvalue weighted by Gasteiger charge is 2.49. The number of hydrogen-bond donors (Lipinski definition) is 8. The molecule has 0 unspecified atom stereocenters. The summed E-state index contributed by atoms with van der Waals surface area (Å²) in [6, 6.07) is 10.0. The summed E-state index contributed by atoms with van der Waals surface area (Å²) in [5, 5.41) is 57.0. The summed E-state index contributed by atoms with van der Waals surface area (Å²) in [5.41, 5.74) is 6.57. The molecule has 4 rings (SSSR count). The number of carbonyl (C=O) groups excluding carboxylic acids is 6. The molecule has 0 aliphatic carbocycles. The number of ketones is 1. The predicted octanol–water partition coefficient (Wildman–Crippen LogP) is 3.23. The standard InChI is InChI=1S/C57H88N6O17/c1-13-32(6)46(41(76-11)28-43(66)63-25-17-20-38(63)51(77-12)34(8)39(64)26-33(7)47(67)36-18-15-14-16-19-36)61(9)54(72)44(30(2)3)60-53(71)45(31(4)5)62(10)57(75)78-29-35-21-22-40(37(27-35)59-42(65)23-24-58)79-56-50(70)48(68)49(69)52(80-56)55(73)74/h14-16,18-19,21-22,27,30-34,38,41,44-52,56,67-70H,13,17,20,23-26,28-29,58H2,1-12H3,(H,59,65)(H,60,71)(H,73,74)/t32-,33-,34-,38-,41+,44-,45-,46-,47+,48-,49-,50+,51+,52-,56+/m0/s1. The molecule has 0 spiro atoms. The third kappa shape index (κ3) is 16.9. The number of rotatable bonds is 29. The number of methoxy groups -OCH3 is 2. The number of likely N-dealkylation sites (N-methyl/N-ethyl adjacent to an activating group) is 2.